The van der Waals surface area contributed by atoms with Crippen molar-refractivity contribution in [2.24, 2.45) is 11.7 Å². The van der Waals surface area contributed by atoms with Gasteiger partial charge >= 0.3 is 0 Å². The van der Waals surface area contributed by atoms with Crippen molar-refractivity contribution < 1.29 is 4.74 Å². The van der Waals surface area contributed by atoms with Crippen LogP contribution in [0.2, 0.25) is 0 Å². The molecule has 4 heteroatoms. The molecule has 0 radical (unpaired) electrons. The normalized spacial score (nSPS) is 18.1. The summed E-state index contributed by atoms with van der Waals surface area (Å²) in [6, 6.07) is 8.35. The predicted molar refractivity (Wildman–Crippen MR) is 84.5 cm³/mol. The second-order valence-electron chi connectivity index (χ2n) is 5.66. The zero-order chi connectivity index (χ0) is 14.4. The summed E-state index contributed by atoms with van der Waals surface area (Å²) >= 11 is 0. The van der Waals surface area contributed by atoms with Gasteiger partial charge in [0.05, 0.1) is 7.11 Å². The van der Waals surface area contributed by atoms with E-state index in [4.69, 9.17) is 10.5 Å². The van der Waals surface area contributed by atoms with Gasteiger partial charge in [-0.3, -0.25) is 4.90 Å². The van der Waals surface area contributed by atoms with Crippen LogP contribution in [-0.4, -0.2) is 51.3 Å². The Morgan fingerprint density at radius 3 is 2.35 bits per heavy atom. The lowest BCUT2D eigenvalue weighted by Gasteiger charge is -2.36. The number of ether oxygens (including phenoxy) is 1. The van der Waals surface area contributed by atoms with Crippen molar-refractivity contribution >= 4 is 5.69 Å². The average molecular weight is 277 g/mol. The average Bonchev–Trinajstić information content (AvgIpc) is 2.53. The molecule has 0 amide bonds. The van der Waals surface area contributed by atoms with Gasteiger partial charge < -0.3 is 15.4 Å². The number of benzene rings is 1. The number of anilines is 1. The van der Waals surface area contributed by atoms with Gasteiger partial charge in [-0.25, -0.2) is 0 Å². The molecule has 1 unspecified atom stereocenters. The highest BCUT2D eigenvalue weighted by molar-refractivity contribution is 5.49. The van der Waals surface area contributed by atoms with E-state index in [-0.39, 0.29) is 0 Å². The van der Waals surface area contributed by atoms with E-state index in [0.717, 1.165) is 38.5 Å². The molecule has 2 rings (SSSR count). The molecule has 1 saturated heterocycles. The first-order chi connectivity index (χ1) is 9.72. The second kappa shape index (κ2) is 7.50. The number of methoxy groups -OCH3 is 1. The Labute approximate surface area is 122 Å². The molecule has 2 N–H and O–H groups in total. The topological polar surface area (TPSA) is 41.7 Å². The molecule has 1 aliphatic rings. The van der Waals surface area contributed by atoms with Gasteiger partial charge in [-0.2, -0.15) is 0 Å². The zero-order valence-corrected chi connectivity index (χ0v) is 12.7. The fraction of sp³-hybridized carbons (Fsp3) is 0.625. The largest absolute Gasteiger partial charge is 0.497 e. The first kappa shape index (κ1) is 15.1. The molecule has 112 valence electrons. The minimum absolute atomic E-state index is 0.634. The van der Waals surface area contributed by atoms with E-state index in [0.29, 0.717) is 5.92 Å². The minimum atomic E-state index is 0.634. The van der Waals surface area contributed by atoms with Crippen molar-refractivity contribution in [2.75, 3.05) is 51.3 Å². The van der Waals surface area contributed by atoms with Gasteiger partial charge in [0, 0.05) is 31.9 Å². The van der Waals surface area contributed by atoms with E-state index >= 15 is 0 Å². The van der Waals surface area contributed by atoms with Gasteiger partial charge in [0.25, 0.3) is 0 Å². The zero-order valence-electron chi connectivity index (χ0n) is 12.7. The Kier molecular flexibility index (Phi) is 5.68. The molecule has 1 aromatic carbocycles. The SMILES string of the molecule is COc1ccc(N2CCN(CCC(C)CN)CC2)cc1. The number of piperazine rings is 1. The number of hydrogen-bond acceptors (Lipinski definition) is 4. The Morgan fingerprint density at radius 1 is 1.15 bits per heavy atom. The van der Waals surface area contributed by atoms with E-state index in [9.17, 15) is 0 Å². The standard InChI is InChI=1S/C16H27N3O/c1-14(13-17)7-8-18-9-11-19(12-10-18)15-3-5-16(20-2)6-4-15/h3-6,14H,7-13,17H2,1-2H3. The highest BCUT2D eigenvalue weighted by atomic mass is 16.5. The minimum Gasteiger partial charge on any atom is -0.497 e. The molecule has 1 atom stereocenters. The number of nitrogens with two attached hydrogens (primary N) is 1. The molecule has 4 nitrogen and oxygen atoms in total. The third kappa shape index (κ3) is 4.12. The van der Waals surface area contributed by atoms with Crippen LogP contribution in [0.4, 0.5) is 5.69 Å². The smallest absolute Gasteiger partial charge is 0.119 e. The Morgan fingerprint density at radius 2 is 1.80 bits per heavy atom. The number of nitrogens with zero attached hydrogens (tertiary/aromatic N) is 2. The van der Waals surface area contributed by atoms with Gasteiger partial charge in [0.1, 0.15) is 5.75 Å². The van der Waals surface area contributed by atoms with Gasteiger partial charge in [-0.15, -0.1) is 0 Å². The molecule has 0 bridgehead atoms. The molecule has 1 fully saturated rings. The summed E-state index contributed by atoms with van der Waals surface area (Å²) < 4.78 is 5.20. The van der Waals surface area contributed by atoms with Crippen molar-refractivity contribution in [2.45, 2.75) is 13.3 Å². The highest BCUT2D eigenvalue weighted by Gasteiger charge is 2.17. The van der Waals surface area contributed by atoms with E-state index < -0.39 is 0 Å². The van der Waals surface area contributed by atoms with Crippen LogP contribution in [0, 0.1) is 5.92 Å². The Balaban J connectivity index is 1.78. The molecule has 1 aromatic rings. The molecule has 1 aliphatic heterocycles. The number of rotatable bonds is 6. The third-order valence-electron chi connectivity index (χ3n) is 4.15. The molecular formula is C16H27N3O. The Bertz CT molecular complexity index is 385. The van der Waals surface area contributed by atoms with Crippen molar-refractivity contribution in [3.05, 3.63) is 24.3 Å². The predicted octanol–water partition coefficient (Wildman–Crippen LogP) is 1.80. The van der Waals surface area contributed by atoms with Crippen LogP contribution in [0.5, 0.6) is 5.75 Å². The van der Waals surface area contributed by atoms with Crippen LogP contribution in [0.3, 0.4) is 0 Å². The fourth-order valence-corrected chi connectivity index (χ4v) is 2.54. The summed E-state index contributed by atoms with van der Waals surface area (Å²) in [6.45, 7) is 8.69. The fourth-order valence-electron chi connectivity index (χ4n) is 2.54. The summed E-state index contributed by atoms with van der Waals surface area (Å²) in [4.78, 5) is 4.99. The molecule has 20 heavy (non-hydrogen) atoms. The van der Waals surface area contributed by atoms with Crippen molar-refractivity contribution in [3.63, 3.8) is 0 Å². The van der Waals surface area contributed by atoms with E-state index in [1.54, 1.807) is 7.11 Å². The van der Waals surface area contributed by atoms with Crippen LogP contribution in [-0.2, 0) is 0 Å². The van der Waals surface area contributed by atoms with E-state index in [2.05, 4.69) is 28.9 Å². The monoisotopic (exact) mass is 277 g/mol. The van der Waals surface area contributed by atoms with Crippen LogP contribution in [0.1, 0.15) is 13.3 Å². The first-order valence-electron chi connectivity index (χ1n) is 7.54. The van der Waals surface area contributed by atoms with Crippen molar-refractivity contribution in [3.8, 4) is 5.75 Å². The van der Waals surface area contributed by atoms with Crippen LogP contribution >= 0.6 is 0 Å². The summed E-state index contributed by atoms with van der Waals surface area (Å²) in [5.41, 5.74) is 6.96. The number of hydrogen-bond donors (Lipinski definition) is 1. The molecule has 1 heterocycles. The lowest BCUT2D eigenvalue weighted by Crippen LogP contribution is -2.46. The van der Waals surface area contributed by atoms with Gasteiger partial charge in [0.2, 0.25) is 0 Å². The van der Waals surface area contributed by atoms with Crippen LogP contribution < -0.4 is 15.4 Å². The maximum Gasteiger partial charge on any atom is 0.119 e. The van der Waals surface area contributed by atoms with Gasteiger partial charge in [-0.1, -0.05) is 6.92 Å². The van der Waals surface area contributed by atoms with Gasteiger partial charge in [-0.05, 0) is 49.7 Å². The van der Waals surface area contributed by atoms with E-state index in [1.165, 1.54) is 18.7 Å². The summed E-state index contributed by atoms with van der Waals surface area (Å²) in [5.74, 6) is 1.55. The van der Waals surface area contributed by atoms with Crippen molar-refractivity contribution in [1.29, 1.82) is 0 Å². The molecule has 0 saturated carbocycles. The molecule has 0 aliphatic carbocycles. The molecular weight excluding hydrogens is 250 g/mol. The first-order valence-corrected chi connectivity index (χ1v) is 7.54. The van der Waals surface area contributed by atoms with Crippen LogP contribution in [0.15, 0.2) is 24.3 Å². The molecule has 0 aromatic heterocycles. The summed E-state index contributed by atoms with van der Waals surface area (Å²) in [7, 11) is 1.70. The third-order valence-corrected chi connectivity index (χ3v) is 4.15. The Hall–Kier alpha value is -1.26. The summed E-state index contributed by atoms with van der Waals surface area (Å²) in [6.07, 6.45) is 1.21. The maximum atomic E-state index is 5.67. The lowest BCUT2D eigenvalue weighted by atomic mass is 10.1. The van der Waals surface area contributed by atoms with E-state index in [1.807, 2.05) is 12.1 Å². The second-order valence-corrected chi connectivity index (χ2v) is 5.66. The van der Waals surface area contributed by atoms with Gasteiger partial charge in [0.15, 0.2) is 0 Å². The van der Waals surface area contributed by atoms with Crippen molar-refractivity contribution in [1.82, 2.24) is 4.90 Å². The summed E-state index contributed by atoms with van der Waals surface area (Å²) in [5, 5.41) is 0. The maximum absolute atomic E-state index is 5.67. The molecule has 0 spiro atoms. The highest BCUT2D eigenvalue weighted by Crippen LogP contribution is 2.20. The lowest BCUT2D eigenvalue weighted by molar-refractivity contribution is 0.242. The van der Waals surface area contributed by atoms with Crippen LogP contribution in [0.25, 0.3) is 0 Å². The quantitative estimate of drug-likeness (QED) is 0.861.